The van der Waals surface area contributed by atoms with E-state index in [1.165, 1.54) is 0 Å². The fraction of sp³-hybridized carbons (Fsp3) is 0.571. The Hall–Kier alpha value is -1.42. The zero-order valence-electron chi connectivity index (χ0n) is 10.7. The summed E-state index contributed by atoms with van der Waals surface area (Å²) in [7, 11) is 0. The first-order valence-electron chi connectivity index (χ1n) is 6.56. The predicted octanol–water partition coefficient (Wildman–Crippen LogP) is 1.91. The smallest absolute Gasteiger partial charge is 0.223 e. The van der Waals surface area contributed by atoms with Gasteiger partial charge in [-0.25, -0.2) is 0 Å². The fourth-order valence-electron chi connectivity index (χ4n) is 2.46. The van der Waals surface area contributed by atoms with E-state index in [2.05, 4.69) is 4.98 Å². The molecule has 2 atom stereocenters. The molecule has 2 heterocycles. The highest BCUT2D eigenvalue weighted by molar-refractivity contribution is 5.77. The molecule has 1 amide bonds. The van der Waals surface area contributed by atoms with E-state index < -0.39 is 6.10 Å². The van der Waals surface area contributed by atoms with E-state index in [0.717, 1.165) is 24.9 Å². The van der Waals surface area contributed by atoms with E-state index >= 15 is 0 Å². The van der Waals surface area contributed by atoms with Crippen molar-refractivity contribution < 1.29 is 9.90 Å². The summed E-state index contributed by atoms with van der Waals surface area (Å²) in [6.45, 7) is 2.54. The maximum absolute atomic E-state index is 12.1. The van der Waals surface area contributed by atoms with Crippen molar-refractivity contribution in [3.8, 4) is 0 Å². The summed E-state index contributed by atoms with van der Waals surface area (Å²) in [5, 5.41) is 9.25. The molecular formula is C14H20N2O2. The quantitative estimate of drug-likeness (QED) is 0.885. The Morgan fingerprint density at radius 1 is 1.67 bits per heavy atom. The molecule has 98 valence electrons. The molecule has 0 radical (unpaired) electrons. The summed E-state index contributed by atoms with van der Waals surface area (Å²) >= 11 is 0. The molecule has 18 heavy (non-hydrogen) atoms. The molecule has 0 spiro atoms. The number of carbonyl (C=O) groups excluding carboxylic acids is 1. The van der Waals surface area contributed by atoms with E-state index in [1.807, 2.05) is 23.2 Å². The van der Waals surface area contributed by atoms with E-state index in [-0.39, 0.29) is 11.9 Å². The maximum atomic E-state index is 12.1. The Kier molecular flexibility index (Phi) is 4.31. The van der Waals surface area contributed by atoms with Gasteiger partial charge < -0.3 is 10.0 Å². The predicted molar refractivity (Wildman–Crippen MR) is 68.8 cm³/mol. The Morgan fingerprint density at radius 2 is 2.50 bits per heavy atom. The van der Waals surface area contributed by atoms with Gasteiger partial charge in [0.05, 0.1) is 12.1 Å². The van der Waals surface area contributed by atoms with Gasteiger partial charge in [0.15, 0.2) is 0 Å². The van der Waals surface area contributed by atoms with Gasteiger partial charge in [-0.2, -0.15) is 0 Å². The third kappa shape index (κ3) is 3.07. The van der Waals surface area contributed by atoms with Crippen LogP contribution in [0.4, 0.5) is 0 Å². The van der Waals surface area contributed by atoms with Crippen LogP contribution in [0, 0.1) is 0 Å². The number of rotatable bonds is 4. The van der Waals surface area contributed by atoms with Crippen LogP contribution in [0.2, 0.25) is 0 Å². The third-order valence-electron chi connectivity index (χ3n) is 3.42. The molecule has 1 aliphatic heterocycles. The molecule has 1 N–H and O–H groups in total. The number of nitrogens with zero attached hydrogens (tertiary/aromatic N) is 2. The van der Waals surface area contributed by atoms with Gasteiger partial charge in [0, 0.05) is 25.4 Å². The third-order valence-corrected chi connectivity index (χ3v) is 3.42. The Bertz CT molecular complexity index is 392. The van der Waals surface area contributed by atoms with Crippen LogP contribution >= 0.6 is 0 Å². The molecule has 1 aliphatic rings. The van der Waals surface area contributed by atoms with Crippen LogP contribution in [0.25, 0.3) is 0 Å². The normalized spacial score (nSPS) is 21.0. The van der Waals surface area contributed by atoms with Gasteiger partial charge in [-0.05, 0) is 37.8 Å². The summed E-state index contributed by atoms with van der Waals surface area (Å²) < 4.78 is 0. The summed E-state index contributed by atoms with van der Waals surface area (Å²) in [5.41, 5.74) is 1.11. The van der Waals surface area contributed by atoms with Crippen LogP contribution in [0.15, 0.2) is 24.5 Å². The summed E-state index contributed by atoms with van der Waals surface area (Å²) in [4.78, 5) is 18.2. The molecule has 4 nitrogen and oxygen atoms in total. The van der Waals surface area contributed by atoms with Gasteiger partial charge >= 0.3 is 0 Å². The second-order valence-corrected chi connectivity index (χ2v) is 4.92. The van der Waals surface area contributed by atoms with Gasteiger partial charge in [-0.1, -0.05) is 6.07 Å². The van der Waals surface area contributed by atoms with Gasteiger partial charge in [-0.3, -0.25) is 9.78 Å². The average molecular weight is 248 g/mol. The standard InChI is InChI=1S/C14H20N2O2/c1-11(17)6-7-14(18)16-9-3-5-13(16)12-4-2-8-15-10-12/h2,4,8,10-11,13,17H,3,5-7,9H2,1H3. The lowest BCUT2D eigenvalue weighted by Gasteiger charge is -2.25. The van der Waals surface area contributed by atoms with Crippen molar-refractivity contribution in [3.63, 3.8) is 0 Å². The van der Waals surface area contributed by atoms with Crippen molar-refractivity contribution in [1.82, 2.24) is 9.88 Å². The van der Waals surface area contributed by atoms with E-state index in [4.69, 9.17) is 0 Å². The number of carbonyl (C=O) groups is 1. The van der Waals surface area contributed by atoms with Crippen LogP contribution in [0.5, 0.6) is 0 Å². The zero-order valence-corrected chi connectivity index (χ0v) is 10.7. The first-order chi connectivity index (χ1) is 8.68. The van der Waals surface area contributed by atoms with Crippen molar-refractivity contribution in [3.05, 3.63) is 30.1 Å². The highest BCUT2D eigenvalue weighted by Gasteiger charge is 2.29. The van der Waals surface area contributed by atoms with Crippen molar-refractivity contribution in [1.29, 1.82) is 0 Å². The molecule has 0 aromatic carbocycles. The SMILES string of the molecule is CC(O)CCC(=O)N1CCCC1c1cccnc1. The van der Waals surface area contributed by atoms with Crippen LogP contribution in [-0.2, 0) is 4.79 Å². The number of aromatic nitrogens is 1. The number of hydrogen-bond donors (Lipinski definition) is 1. The highest BCUT2D eigenvalue weighted by Crippen LogP contribution is 2.31. The van der Waals surface area contributed by atoms with E-state index in [0.29, 0.717) is 12.8 Å². The largest absolute Gasteiger partial charge is 0.393 e. The number of likely N-dealkylation sites (tertiary alicyclic amines) is 1. The van der Waals surface area contributed by atoms with Crippen molar-refractivity contribution in [2.45, 2.75) is 44.8 Å². The fourth-order valence-corrected chi connectivity index (χ4v) is 2.46. The molecule has 1 fully saturated rings. The Labute approximate surface area is 108 Å². The molecule has 0 saturated carbocycles. The minimum atomic E-state index is -0.409. The molecule has 4 heteroatoms. The summed E-state index contributed by atoms with van der Waals surface area (Å²) in [6.07, 6.45) is 6.19. The molecule has 0 aliphatic carbocycles. The molecule has 1 aromatic heterocycles. The van der Waals surface area contributed by atoms with Gasteiger partial charge in [-0.15, -0.1) is 0 Å². The van der Waals surface area contributed by atoms with Crippen LogP contribution in [-0.4, -0.2) is 33.5 Å². The monoisotopic (exact) mass is 248 g/mol. The number of pyridine rings is 1. The number of aliphatic hydroxyl groups is 1. The topological polar surface area (TPSA) is 53.4 Å². The lowest BCUT2D eigenvalue weighted by atomic mass is 10.1. The molecular weight excluding hydrogens is 228 g/mol. The van der Waals surface area contributed by atoms with Gasteiger partial charge in [0.1, 0.15) is 0 Å². The number of aliphatic hydroxyl groups excluding tert-OH is 1. The molecule has 2 rings (SSSR count). The number of hydrogen-bond acceptors (Lipinski definition) is 3. The second-order valence-electron chi connectivity index (χ2n) is 4.92. The van der Waals surface area contributed by atoms with E-state index in [9.17, 15) is 9.90 Å². The minimum absolute atomic E-state index is 0.141. The highest BCUT2D eigenvalue weighted by atomic mass is 16.3. The molecule has 1 saturated heterocycles. The summed E-state index contributed by atoms with van der Waals surface area (Å²) in [6, 6.07) is 4.10. The average Bonchev–Trinajstić information content (AvgIpc) is 2.86. The lowest BCUT2D eigenvalue weighted by Crippen LogP contribution is -2.30. The maximum Gasteiger partial charge on any atom is 0.223 e. The van der Waals surface area contributed by atoms with Crippen molar-refractivity contribution in [2.24, 2.45) is 0 Å². The van der Waals surface area contributed by atoms with Crippen LogP contribution in [0.3, 0.4) is 0 Å². The second kappa shape index (κ2) is 5.96. The van der Waals surface area contributed by atoms with Crippen LogP contribution < -0.4 is 0 Å². The van der Waals surface area contributed by atoms with E-state index in [1.54, 1.807) is 13.1 Å². The first kappa shape index (κ1) is 13.0. The number of amides is 1. The summed E-state index contributed by atoms with van der Waals surface area (Å²) in [5.74, 6) is 0.141. The first-order valence-corrected chi connectivity index (χ1v) is 6.56. The van der Waals surface area contributed by atoms with Crippen molar-refractivity contribution in [2.75, 3.05) is 6.54 Å². The minimum Gasteiger partial charge on any atom is -0.393 e. The Morgan fingerprint density at radius 3 is 3.17 bits per heavy atom. The van der Waals surface area contributed by atoms with Gasteiger partial charge in [0.25, 0.3) is 0 Å². The molecule has 0 bridgehead atoms. The molecule has 2 unspecified atom stereocenters. The lowest BCUT2D eigenvalue weighted by molar-refractivity contribution is -0.132. The zero-order chi connectivity index (χ0) is 13.0. The Balaban J connectivity index is 2.01. The van der Waals surface area contributed by atoms with Crippen molar-refractivity contribution >= 4 is 5.91 Å². The molecule has 1 aromatic rings. The van der Waals surface area contributed by atoms with Gasteiger partial charge in [0.2, 0.25) is 5.91 Å². The van der Waals surface area contributed by atoms with Crippen LogP contribution in [0.1, 0.15) is 44.2 Å².